The zero-order chi connectivity index (χ0) is 39.7. The van der Waals surface area contributed by atoms with Crippen LogP contribution in [0.3, 0.4) is 0 Å². The van der Waals surface area contributed by atoms with E-state index >= 15 is 0 Å². The number of nitrogens with zero attached hydrogens (tertiary/aromatic N) is 3. The molecule has 2 unspecified atom stereocenters. The summed E-state index contributed by atoms with van der Waals surface area (Å²) in [5, 5.41) is 9.73. The average molecular weight is 792 g/mol. The van der Waals surface area contributed by atoms with Gasteiger partial charge in [-0.1, -0.05) is 48.2 Å². The number of hydrogen-bond donors (Lipinski definition) is 0. The molecule has 3 aromatic rings. The highest BCUT2D eigenvalue weighted by Crippen LogP contribution is 2.55. The first-order valence-electron chi connectivity index (χ1n) is 18.5. The molecule has 5 rings (SSSR count). The zero-order valence-electron chi connectivity index (χ0n) is 32.5. The van der Waals surface area contributed by atoms with E-state index in [1.165, 1.54) is 0 Å². The lowest BCUT2D eigenvalue weighted by Gasteiger charge is -2.41. The van der Waals surface area contributed by atoms with Crippen LogP contribution in [0.2, 0.25) is 0 Å². The number of hydroxylamine groups is 2. The molecule has 1 fully saturated rings. The minimum atomic E-state index is -1.43. The second-order valence-corrected chi connectivity index (χ2v) is 16.3. The Hall–Kier alpha value is -4.02. The molecule has 2 heterocycles. The molecule has 294 valence electrons. The van der Waals surface area contributed by atoms with Crippen molar-refractivity contribution in [2.45, 2.75) is 107 Å². The summed E-state index contributed by atoms with van der Waals surface area (Å²) in [6.45, 7) is 11.1. The summed E-state index contributed by atoms with van der Waals surface area (Å²) in [6.07, 6.45) is 1.02. The van der Waals surface area contributed by atoms with Gasteiger partial charge in [0, 0.05) is 45.8 Å². The summed E-state index contributed by atoms with van der Waals surface area (Å²) in [5.41, 5.74) is 2.61. The van der Waals surface area contributed by atoms with E-state index in [0.29, 0.717) is 24.5 Å². The SMILES string of the molecule is COc1ccc2c(c1)Sc1cc(OC)ccc1C2(OCCC(C)OP(OCCC#N)N(C(C)C)C(C)C)c1ccc(CCC(=O)ON2C(=O)CCC2=O)cc1. The smallest absolute Gasteiger partial charge is 0.333 e. The summed E-state index contributed by atoms with van der Waals surface area (Å²) in [4.78, 5) is 43.4. The number of ether oxygens (including phenoxy) is 3. The van der Waals surface area contributed by atoms with Crippen LogP contribution in [0.5, 0.6) is 11.5 Å². The average Bonchev–Trinajstić information content (AvgIpc) is 3.48. The van der Waals surface area contributed by atoms with Crippen molar-refractivity contribution in [3.8, 4) is 17.6 Å². The van der Waals surface area contributed by atoms with Crippen LogP contribution < -0.4 is 9.47 Å². The van der Waals surface area contributed by atoms with E-state index in [-0.39, 0.29) is 50.5 Å². The van der Waals surface area contributed by atoms with Crippen molar-refractivity contribution in [1.82, 2.24) is 9.73 Å². The molecule has 55 heavy (non-hydrogen) atoms. The van der Waals surface area contributed by atoms with Crippen LogP contribution in [-0.4, -0.2) is 73.1 Å². The molecule has 2 amide bonds. The molecule has 0 N–H and O–H groups in total. The molecule has 0 aromatic heterocycles. The van der Waals surface area contributed by atoms with Gasteiger partial charge in [0.15, 0.2) is 0 Å². The summed E-state index contributed by atoms with van der Waals surface area (Å²) >= 11 is 1.62. The second-order valence-electron chi connectivity index (χ2n) is 13.8. The van der Waals surface area contributed by atoms with Gasteiger partial charge in [-0.25, -0.2) is 9.46 Å². The van der Waals surface area contributed by atoms with Gasteiger partial charge in [0.2, 0.25) is 0 Å². The highest BCUT2D eigenvalue weighted by atomic mass is 32.2. The van der Waals surface area contributed by atoms with E-state index < -0.39 is 31.9 Å². The fraction of sp³-hybridized carbons (Fsp3) is 0.463. The number of benzene rings is 3. The number of nitriles is 1. The quantitative estimate of drug-likeness (QED) is 0.0659. The largest absolute Gasteiger partial charge is 0.497 e. The van der Waals surface area contributed by atoms with Crippen LogP contribution in [0.4, 0.5) is 0 Å². The number of aryl methyl sites for hydroxylation is 1. The molecule has 2 atom stereocenters. The van der Waals surface area contributed by atoms with Crippen LogP contribution >= 0.6 is 20.3 Å². The molecular weight excluding hydrogens is 742 g/mol. The van der Waals surface area contributed by atoms with Crippen molar-refractivity contribution in [2.75, 3.05) is 27.4 Å². The van der Waals surface area contributed by atoms with Gasteiger partial charge in [0.25, 0.3) is 20.3 Å². The summed E-state index contributed by atoms with van der Waals surface area (Å²) < 4.78 is 33.4. The number of amides is 2. The Morgan fingerprint density at radius 2 is 1.47 bits per heavy atom. The van der Waals surface area contributed by atoms with Gasteiger partial charge in [-0.15, -0.1) is 5.06 Å². The molecule has 0 radical (unpaired) electrons. The lowest BCUT2D eigenvalue weighted by atomic mass is 9.79. The van der Waals surface area contributed by atoms with E-state index in [0.717, 1.165) is 43.5 Å². The first-order chi connectivity index (χ1) is 26.4. The normalized spacial score (nSPS) is 15.8. The molecular formula is C41H50N3O9PS. The topological polar surface area (TPSA) is 137 Å². The van der Waals surface area contributed by atoms with Crippen LogP contribution in [0.25, 0.3) is 0 Å². The first kappa shape index (κ1) is 42.1. The number of carbonyl (C=O) groups is 3. The Bertz CT molecular complexity index is 1790. The van der Waals surface area contributed by atoms with Crippen molar-refractivity contribution in [2.24, 2.45) is 0 Å². The Labute approximate surface area is 329 Å². The van der Waals surface area contributed by atoms with E-state index in [2.05, 4.69) is 38.4 Å². The van der Waals surface area contributed by atoms with E-state index in [1.807, 2.05) is 67.6 Å². The third-order valence-electron chi connectivity index (χ3n) is 9.31. The van der Waals surface area contributed by atoms with Gasteiger partial charge in [0.1, 0.15) is 17.1 Å². The van der Waals surface area contributed by atoms with Crippen molar-refractivity contribution >= 4 is 38.1 Å². The van der Waals surface area contributed by atoms with Crippen LogP contribution in [0.1, 0.15) is 89.0 Å². The maximum absolute atomic E-state index is 12.6. The lowest BCUT2D eigenvalue weighted by molar-refractivity contribution is -0.197. The third-order valence-corrected chi connectivity index (χ3v) is 12.7. The third kappa shape index (κ3) is 9.87. The Morgan fingerprint density at radius 1 is 0.891 bits per heavy atom. The van der Waals surface area contributed by atoms with Crippen LogP contribution in [0, 0.1) is 11.3 Å². The maximum atomic E-state index is 12.6. The predicted molar refractivity (Wildman–Crippen MR) is 208 cm³/mol. The molecule has 12 nitrogen and oxygen atoms in total. The van der Waals surface area contributed by atoms with E-state index in [1.54, 1.807) is 26.0 Å². The monoisotopic (exact) mass is 791 g/mol. The Kier molecular flexibility index (Phi) is 14.7. The molecule has 0 bridgehead atoms. The molecule has 0 spiro atoms. The van der Waals surface area contributed by atoms with Crippen molar-refractivity contribution in [1.29, 1.82) is 5.26 Å². The standard InChI is InChI=1S/C41H50N3O9PS/c1-27(2)44(28(3)4)54(51-23-8-22-42)53-29(5)21-24-50-41(31-12-9-30(10-13-31)11-20-40(47)52-43-38(45)18-19-39(43)46)34-16-14-32(48-6)25-36(34)55-37-26-33(49-7)15-17-35(37)41/h9-10,12-17,25-29H,8,11,18-21,23-24H2,1-7H3. The number of carbonyl (C=O) groups excluding carboxylic acids is 3. The minimum absolute atomic E-state index is 0.00829. The van der Waals surface area contributed by atoms with Crippen LogP contribution in [-0.2, 0) is 45.0 Å². The number of fused-ring (bicyclic) bond motifs is 2. The van der Waals surface area contributed by atoms with Crippen molar-refractivity contribution in [3.05, 3.63) is 82.9 Å². The maximum Gasteiger partial charge on any atom is 0.333 e. The fourth-order valence-corrected chi connectivity index (χ4v) is 9.61. The number of methoxy groups -OCH3 is 2. The number of rotatable bonds is 19. The van der Waals surface area contributed by atoms with Gasteiger partial charge in [-0.05, 0) is 82.9 Å². The lowest BCUT2D eigenvalue weighted by Crippen LogP contribution is -2.37. The molecule has 14 heteroatoms. The van der Waals surface area contributed by atoms with Crippen molar-refractivity contribution in [3.63, 3.8) is 0 Å². The second kappa shape index (κ2) is 19.2. The zero-order valence-corrected chi connectivity index (χ0v) is 34.2. The Balaban J connectivity index is 1.44. The summed E-state index contributed by atoms with van der Waals surface area (Å²) in [6, 6.07) is 22.4. The van der Waals surface area contributed by atoms with Gasteiger partial charge >= 0.3 is 5.97 Å². The number of hydrogen-bond acceptors (Lipinski definition) is 12. The molecule has 1 saturated heterocycles. The molecule has 0 saturated carbocycles. The van der Waals surface area contributed by atoms with Gasteiger partial charge < -0.3 is 28.1 Å². The van der Waals surface area contributed by atoms with Gasteiger partial charge in [-0.3, -0.25) is 9.59 Å². The number of imide groups is 1. The fourth-order valence-electron chi connectivity index (χ4n) is 6.66. The van der Waals surface area contributed by atoms with Gasteiger partial charge in [-0.2, -0.15) is 5.26 Å². The van der Waals surface area contributed by atoms with E-state index in [9.17, 15) is 14.4 Å². The van der Waals surface area contributed by atoms with Crippen LogP contribution in [0.15, 0.2) is 70.5 Å². The van der Waals surface area contributed by atoms with E-state index in [4.69, 9.17) is 33.4 Å². The Morgan fingerprint density at radius 3 is 2.00 bits per heavy atom. The highest BCUT2D eigenvalue weighted by molar-refractivity contribution is 7.99. The molecule has 0 aliphatic carbocycles. The molecule has 2 aliphatic rings. The predicted octanol–water partition coefficient (Wildman–Crippen LogP) is 8.09. The highest BCUT2D eigenvalue weighted by Gasteiger charge is 2.45. The summed E-state index contributed by atoms with van der Waals surface area (Å²) in [7, 11) is 1.86. The summed E-state index contributed by atoms with van der Waals surface area (Å²) in [5.74, 6) is -0.222. The molecule has 3 aromatic carbocycles. The van der Waals surface area contributed by atoms with Gasteiger partial charge in [0.05, 0.1) is 52.4 Å². The minimum Gasteiger partial charge on any atom is -0.497 e. The first-order valence-corrected chi connectivity index (χ1v) is 20.5. The van der Waals surface area contributed by atoms with Crippen molar-refractivity contribution < 1.29 is 42.5 Å². The molecule has 2 aliphatic heterocycles.